The first-order valence-electron chi connectivity index (χ1n) is 6.48. The Labute approximate surface area is 111 Å². The number of aromatic nitrogens is 2. The van der Waals surface area contributed by atoms with E-state index < -0.39 is 0 Å². The first-order valence-corrected chi connectivity index (χ1v) is 6.85. The molecule has 0 amide bonds. The highest BCUT2D eigenvalue weighted by Gasteiger charge is 2.30. The molecular weight excluding hydrogens is 252 g/mol. The summed E-state index contributed by atoms with van der Waals surface area (Å²) < 4.78 is 0. The first kappa shape index (κ1) is 12.0. The molecule has 1 N–H and O–H groups in total. The summed E-state index contributed by atoms with van der Waals surface area (Å²) in [7, 11) is 0. The molecule has 98 valence electrons. The summed E-state index contributed by atoms with van der Waals surface area (Å²) in [5.74, 6) is 0.633. The summed E-state index contributed by atoms with van der Waals surface area (Å²) in [6.07, 6.45) is 5.04. The van der Waals surface area contributed by atoms with Gasteiger partial charge in [-0.2, -0.15) is 0 Å². The molecule has 2 fully saturated rings. The Morgan fingerprint density at radius 3 is 3.06 bits per heavy atom. The van der Waals surface area contributed by atoms with Crippen molar-refractivity contribution in [1.82, 2.24) is 14.9 Å². The minimum Gasteiger partial charge on any atom is -0.354 e. The third-order valence-corrected chi connectivity index (χ3v) is 4.22. The van der Waals surface area contributed by atoms with Crippen molar-refractivity contribution in [2.75, 3.05) is 31.1 Å². The van der Waals surface area contributed by atoms with E-state index in [0.29, 0.717) is 11.9 Å². The molecule has 0 spiro atoms. The lowest BCUT2D eigenvalue weighted by Crippen LogP contribution is -2.37. The average Bonchev–Trinajstić information content (AvgIpc) is 2.70. The molecule has 0 aliphatic carbocycles. The Kier molecular flexibility index (Phi) is 3.26. The fraction of sp³-hybridized carbons (Fsp3) is 0.667. The third kappa shape index (κ3) is 2.12. The standard InChI is InChI=1S/C12H17ClN4O/c13-10-11(14-8-15-12(10)18)17-6-2-5-16-4-1-3-9(16)7-17/h8-9H,1-7H2,(H,14,15,18). The summed E-state index contributed by atoms with van der Waals surface area (Å²) in [5, 5.41) is 0.212. The Morgan fingerprint density at radius 2 is 2.17 bits per heavy atom. The van der Waals surface area contributed by atoms with Crippen LogP contribution in [-0.4, -0.2) is 47.1 Å². The minimum atomic E-state index is -0.255. The minimum absolute atomic E-state index is 0.212. The van der Waals surface area contributed by atoms with Crippen LogP contribution in [0.15, 0.2) is 11.1 Å². The predicted octanol–water partition coefficient (Wildman–Crippen LogP) is 1.10. The van der Waals surface area contributed by atoms with E-state index in [1.54, 1.807) is 0 Å². The van der Waals surface area contributed by atoms with Gasteiger partial charge in [0.05, 0.1) is 6.33 Å². The number of H-pyrrole nitrogens is 1. The van der Waals surface area contributed by atoms with Crippen LogP contribution in [0, 0.1) is 0 Å². The molecule has 1 aromatic rings. The van der Waals surface area contributed by atoms with E-state index in [9.17, 15) is 4.79 Å². The van der Waals surface area contributed by atoms with Crippen LogP contribution in [0.5, 0.6) is 0 Å². The number of hydrogen-bond acceptors (Lipinski definition) is 4. The highest BCUT2D eigenvalue weighted by Crippen LogP contribution is 2.26. The van der Waals surface area contributed by atoms with Gasteiger partial charge in [0.1, 0.15) is 5.02 Å². The molecule has 3 heterocycles. The number of hydrogen-bond donors (Lipinski definition) is 1. The average molecular weight is 269 g/mol. The van der Waals surface area contributed by atoms with Gasteiger partial charge in [-0.05, 0) is 25.8 Å². The van der Waals surface area contributed by atoms with Crippen molar-refractivity contribution in [1.29, 1.82) is 0 Å². The van der Waals surface area contributed by atoms with Gasteiger partial charge in [0.15, 0.2) is 5.82 Å². The van der Waals surface area contributed by atoms with Crippen LogP contribution in [0.1, 0.15) is 19.3 Å². The van der Waals surface area contributed by atoms with Gasteiger partial charge in [-0.25, -0.2) is 4.98 Å². The lowest BCUT2D eigenvalue weighted by atomic mass is 10.2. The highest BCUT2D eigenvalue weighted by molar-refractivity contribution is 6.32. The van der Waals surface area contributed by atoms with Crippen molar-refractivity contribution in [3.63, 3.8) is 0 Å². The van der Waals surface area contributed by atoms with Gasteiger partial charge >= 0.3 is 0 Å². The lowest BCUT2D eigenvalue weighted by Gasteiger charge is -2.26. The van der Waals surface area contributed by atoms with E-state index in [-0.39, 0.29) is 10.6 Å². The molecule has 1 aromatic heterocycles. The fourth-order valence-corrected chi connectivity index (χ4v) is 3.22. The molecule has 1 atom stereocenters. The second kappa shape index (κ2) is 4.90. The maximum Gasteiger partial charge on any atom is 0.271 e. The maximum atomic E-state index is 11.5. The molecule has 3 rings (SSSR count). The molecular formula is C12H17ClN4O. The second-order valence-electron chi connectivity index (χ2n) is 5.00. The second-order valence-corrected chi connectivity index (χ2v) is 5.38. The molecule has 0 bridgehead atoms. The molecule has 0 saturated carbocycles. The number of nitrogens with zero attached hydrogens (tertiary/aromatic N) is 3. The van der Waals surface area contributed by atoms with Crippen molar-refractivity contribution in [3.8, 4) is 0 Å². The van der Waals surface area contributed by atoms with Crippen molar-refractivity contribution < 1.29 is 0 Å². The number of nitrogens with one attached hydrogen (secondary N) is 1. The number of halogens is 1. The van der Waals surface area contributed by atoms with Crippen molar-refractivity contribution in [2.45, 2.75) is 25.3 Å². The van der Waals surface area contributed by atoms with Crippen LogP contribution >= 0.6 is 11.6 Å². The van der Waals surface area contributed by atoms with Gasteiger partial charge in [0.25, 0.3) is 5.56 Å². The molecule has 5 nitrogen and oxygen atoms in total. The van der Waals surface area contributed by atoms with Crippen molar-refractivity contribution >= 4 is 17.4 Å². The number of aromatic amines is 1. The van der Waals surface area contributed by atoms with Crippen LogP contribution < -0.4 is 10.5 Å². The summed E-state index contributed by atoms with van der Waals surface area (Å²) in [4.78, 5) is 23.0. The third-order valence-electron chi connectivity index (χ3n) is 3.88. The smallest absolute Gasteiger partial charge is 0.271 e. The summed E-state index contributed by atoms with van der Waals surface area (Å²) in [5.41, 5.74) is -0.255. The van der Waals surface area contributed by atoms with Gasteiger partial charge < -0.3 is 9.88 Å². The maximum absolute atomic E-state index is 11.5. The highest BCUT2D eigenvalue weighted by atomic mass is 35.5. The Bertz CT molecular complexity index is 489. The number of fused-ring (bicyclic) bond motifs is 1. The van der Waals surface area contributed by atoms with Gasteiger partial charge in [-0.1, -0.05) is 11.6 Å². The summed E-state index contributed by atoms with van der Waals surface area (Å²) in [6, 6.07) is 0.588. The molecule has 2 saturated heterocycles. The molecule has 18 heavy (non-hydrogen) atoms. The van der Waals surface area contributed by atoms with Crippen LogP contribution in [0.2, 0.25) is 5.02 Å². The van der Waals surface area contributed by atoms with Gasteiger partial charge in [-0.15, -0.1) is 0 Å². The summed E-state index contributed by atoms with van der Waals surface area (Å²) >= 11 is 6.06. The molecule has 0 aromatic carbocycles. The van der Waals surface area contributed by atoms with Gasteiger partial charge in [-0.3, -0.25) is 9.69 Å². The van der Waals surface area contributed by atoms with Crippen LogP contribution in [0.4, 0.5) is 5.82 Å². The predicted molar refractivity (Wildman–Crippen MR) is 71.3 cm³/mol. The molecule has 1 unspecified atom stereocenters. The van der Waals surface area contributed by atoms with Crippen LogP contribution in [0.3, 0.4) is 0 Å². The first-order chi connectivity index (χ1) is 8.75. The Hall–Kier alpha value is -1.07. The van der Waals surface area contributed by atoms with E-state index in [4.69, 9.17) is 11.6 Å². The van der Waals surface area contributed by atoms with Crippen molar-refractivity contribution in [3.05, 3.63) is 21.7 Å². The van der Waals surface area contributed by atoms with E-state index in [1.807, 2.05) is 0 Å². The Balaban J connectivity index is 1.87. The Morgan fingerprint density at radius 1 is 1.33 bits per heavy atom. The molecule has 2 aliphatic heterocycles. The lowest BCUT2D eigenvalue weighted by molar-refractivity contribution is 0.273. The zero-order chi connectivity index (χ0) is 12.5. The largest absolute Gasteiger partial charge is 0.354 e. The van der Waals surface area contributed by atoms with Gasteiger partial charge in [0.2, 0.25) is 0 Å². The molecule has 2 aliphatic rings. The number of anilines is 1. The molecule has 0 radical (unpaired) electrons. The summed E-state index contributed by atoms with van der Waals surface area (Å²) in [6.45, 7) is 4.19. The van der Waals surface area contributed by atoms with E-state index in [0.717, 1.165) is 26.1 Å². The SMILES string of the molecule is O=c1[nH]cnc(N2CCCN3CCCC3C2)c1Cl. The van der Waals surface area contributed by atoms with E-state index in [1.165, 1.54) is 25.7 Å². The normalized spacial score (nSPS) is 24.9. The van der Waals surface area contributed by atoms with Crippen LogP contribution in [-0.2, 0) is 0 Å². The van der Waals surface area contributed by atoms with E-state index >= 15 is 0 Å². The quantitative estimate of drug-likeness (QED) is 0.829. The zero-order valence-electron chi connectivity index (χ0n) is 10.2. The topological polar surface area (TPSA) is 52.2 Å². The van der Waals surface area contributed by atoms with E-state index in [2.05, 4.69) is 19.8 Å². The monoisotopic (exact) mass is 268 g/mol. The van der Waals surface area contributed by atoms with Crippen molar-refractivity contribution in [2.24, 2.45) is 0 Å². The molecule has 6 heteroatoms. The fourth-order valence-electron chi connectivity index (χ4n) is 2.99. The zero-order valence-corrected chi connectivity index (χ0v) is 11.0. The number of rotatable bonds is 1. The van der Waals surface area contributed by atoms with Gasteiger partial charge in [0, 0.05) is 25.7 Å². The van der Waals surface area contributed by atoms with Crippen LogP contribution in [0.25, 0.3) is 0 Å².